The van der Waals surface area contributed by atoms with E-state index in [1.807, 2.05) is 0 Å². The van der Waals surface area contributed by atoms with Crippen molar-refractivity contribution in [3.8, 4) is 0 Å². The molecule has 0 nitrogen and oxygen atoms in total. The molecule has 0 aliphatic heterocycles. The molecule has 0 aromatic heterocycles. The Bertz CT molecular complexity index is 154. The van der Waals surface area contributed by atoms with Crippen molar-refractivity contribution in [3.63, 3.8) is 0 Å². The highest BCUT2D eigenvalue weighted by atomic mass is 127. The molecule has 0 aromatic carbocycles. The van der Waals surface area contributed by atoms with Crippen LogP contribution in [0.25, 0.3) is 0 Å². The van der Waals surface area contributed by atoms with E-state index < -0.39 is 0 Å². The molecule has 0 heterocycles. The molecular weight excluding hydrogens is 211 g/mol. The summed E-state index contributed by atoms with van der Waals surface area (Å²) in [6, 6.07) is 0. The summed E-state index contributed by atoms with van der Waals surface area (Å²) < 4.78 is 1.41. The van der Waals surface area contributed by atoms with Crippen molar-refractivity contribution in [2.75, 3.05) is 0 Å². The normalized spacial score (nSPS) is 20.5. The van der Waals surface area contributed by atoms with Crippen LogP contribution in [-0.4, -0.2) is 0 Å². The van der Waals surface area contributed by atoms with Crippen molar-refractivity contribution < 1.29 is 0 Å². The second-order valence-electron chi connectivity index (χ2n) is 2.20. The van der Waals surface area contributed by atoms with Gasteiger partial charge in [-0.1, -0.05) is 12.2 Å². The van der Waals surface area contributed by atoms with Gasteiger partial charge in [0.25, 0.3) is 0 Å². The summed E-state index contributed by atoms with van der Waals surface area (Å²) in [6.45, 7) is 6.10. The van der Waals surface area contributed by atoms with Gasteiger partial charge in [0.15, 0.2) is 0 Å². The van der Waals surface area contributed by atoms with Crippen LogP contribution in [0.4, 0.5) is 0 Å². The van der Waals surface area contributed by atoms with E-state index in [1.54, 1.807) is 0 Å². The lowest BCUT2D eigenvalue weighted by atomic mass is 10.2. The molecule has 0 amide bonds. The van der Waals surface area contributed by atoms with Gasteiger partial charge in [0, 0.05) is 3.58 Å². The molecule has 0 N–H and O–H groups in total. The lowest BCUT2D eigenvalue weighted by Crippen LogP contribution is -1.66. The molecule has 0 unspecified atom stereocenters. The Kier molecular flexibility index (Phi) is 1.75. The molecule has 8 heavy (non-hydrogen) atoms. The summed E-state index contributed by atoms with van der Waals surface area (Å²) >= 11 is 2.36. The number of hydrogen-bond donors (Lipinski definition) is 0. The fourth-order valence-corrected chi connectivity index (χ4v) is 1.40. The van der Waals surface area contributed by atoms with Crippen molar-refractivity contribution in [1.82, 2.24) is 0 Å². The number of rotatable bonds is 0. The highest BCUT2D eigenvalue weighted by molar-refractivity contribution is 14.1. The molecular formula is C7H9I. The molecule has 0 fully saturated rings. The van der Waals surface area contributed by atoms with Gasteiger partial charge in [-0.25, -0.2) is 0 Å². The predicted octanol–water partition coefficient (Wildman–Crippen LogP) is 3.05. The van der Waals surface area contributed by atoms with E-state index in [0.29, 0.717) is 0 Å². The van der Waals surface area contributed by atoms with Gasteiger partial charge < -0.3 is 0 Å². The summed E-state index contributed by atoms with van der Waals surface area (Å²) in [6.07, 6.45) is 2.42. The molecule has 44 valence electrons. The van der Waals surface area contributed by atoms with E-state index in [2.05, 4.69) is 36.1 Å². The third kappa shape index (κ3) is 0.966. The van der Waals surface area contributed by atoms with E-state index in [1.165, 1.54) is 27.6 Å². The summed E-state index contributed by atoms with van der Waals surface area (Å²) in [5, 5.41) is 0. The standard InChI is InChI=1S/C7H9I/c1-5-3-4-6(2)7(5)8/h1,3-4H2,2H3. The van der Waals surface area contributed by atoms with Crippen LogP contribution < -0.4 is 0 Å². The monoisotopic (exact) mass is 220 g/mol. The first-order chi connectivity index (χ1) is 3.72. The minimum Gasteiger partial charge on any atom is -0.0948 e. The van der Waals surface area contributed by atoms with Gasteiger partial charge in [-0.15, -0.1) is 0 Å². The molecule has 1 aliphatic carbocycles. The van der Waals surface area contributed by atoms with Crippen LogP contribution in [0.5, 0.6) is 0 Å². The van der Waals surface area contributed by atoms with Crippen LogP contribution in [0.1, 0.15) is 19.8 Å². The first-order valence-corrected chi connectivity index (χ1v) is 3.83. The highest BCUT2D eigenvalue weighted by Gasteiger charge is 2.10. The summed E-state index contributed by atoms with van der Waals surface area (Å²) in [5.74, 6) is 0. The molecule has 0 radical (unpaired) electrons. The Morgan fingerprint density at radius 3 is 2.25 bits per heavy atom. The first-order valence-electron chi connectivity index (χ1n) is 2.75. The van der Waals surface area contributed by atoms with E-state index in [0.717, 1.165) is 0 Å². The lowest BCUT2D eigenvalue weighted by molar-refractivity contribution is 1.01. The molecule has 0 bridgehead atoms. The van der Waals surface area contributed by atoms with Crippen molar-refractivity contribution in [2.24, 2.45) is 0 Å². The lowest BCUT2D eigenvalue weighted by Gasteiger charge is -1.89. The fourth-order valence-electron chi connectivity index (χ4n) is 0.860. The maximum atomic E-state index is 3.92. The molecule has 0 aromatic rings. The zero-order valence-electron chi connectivity index (χ0n) is 5.00. The smallest absolute Gasteiger partial charge is 0.0145 e. The SMILES string of the molecule is C=C1CCC(C)=C1I. The van der Waals surface area contributed by atoms with Crippen LogP contribution in [-0.2, 0) is 0 Å². The molecule has 1 rings (SSSR count). The summed E-state index contributed by atoms with van der Waals surface area (Å²) in [4.78, 5) is 0. The van der Waals surface area contributed by atoms with Crippen LogP contribution in [0.15, 0.2) is 21.3 Å². The fraction of sp³-hybridized carbons (Fsp3) is 0.429. The Morgan fingerprint density at radius 1 is 1.50 bits per heavy atom. The van der Waals surface area contributed by atoms with Gasteiger partial charge in [0.2, 0.25) is 0 Å². The number of hydrogen-bond acceptors (Lipinski definition) is 0. The van der Waals surface area contributed by atoms with Crippen molar-refractivity contribution in [2.45, 2.75) is 19.8 Å². The van der Waals surface area contributed by atoms with Crippen molar-refractivity contribution in [3.05, 3.63) is 21.3 Å². The highest BCUT2D eigenvalue weighted by Crippen LogP contribution is 2.33. The molecule has 1 heteroatoms. The summed E-state index contributed by atoms with van der Waals surface area (Å²) in [5.41, 5.74) is 2.83. The van der Waals surface area contributed by atoms with Gasteiger partial charge in [-0.2, -0.15) is 0 Å². The van der Waals surface area contributed by atoms with Gasteiger partial charge in [-0.3, -0.25) is 0 Å². The topological polar surface area (TPSA) is 0 Å². The van der Waals surface area contributed by atoms with E-state index in [9.17, 15) is 0 Å². The first kappa shape index (κ1) is 6.33. The maximum absolute atomic E-state index is 3.92. The van der Waals surface area contributed by atoms with Crippen molar-refractivity contribution in [1.29, 1.82) is 0 Å². The van der Waals surface area contributed by atoms with Gasteiger partial charge in [0.1, 0.15) is 0 Å². The van der Waals surface area contributed by atoms with E-state index >= 15 is 0 Å². The predicted molar refractivity (Wildman–Crippen MR) is 45.1 cm³/mol. The zero-order chi connectivity index (χ0) is 6.15. The van der Waals surface area contributed by atoms with Gasteiger partial charge in [0.05, 0.1) is 0 Å². The second-order valence-corrected chi connectivity index (χ2v) is 3.28. The molecule has 0 atom stereocenters. The third-order valence-corrected chi connectivity index (χ3v) is 3.17. The van der Waals surface area contributed by atoms with Crippen LogP contribution in [0, 0.1) is 0 Å². The average molecular weight is 220 g/mol. The summed E-state index contributed by atoms with van der Waals surface area (Å²) in [7, 11) is 0. The van der Waals surface area contributed by atoms with Crippen LogP contribution in [0.3, 0.4) is 0 Å². The van der Waals surface area contributed by atoms with Gasteiger partial charge >= 0.3 is 0 Å². The molecule has 1 aliphatic rings. The van der Waals surface area contributed by atoms with Crippen molar-refractivity contribution >= 4 is 22.6 Å². The quantitative estimate of drug-likeness (QED) is 0.550. The molecule has 0 spiro atoms. The second kappa shape index (κ2) is 2.21. The third-order valence-electron chi connectivity index (χ3n) is 1.49. The Morgan fingerprint density at radius 2 is 2.12 bits per heavy atom. The molecule has 0 saturated heterocycles. The Balaban J connectivity index is 2.86. The Labute approximate surface area is 63.8 Å². The van der Waals surface area contributed by atoms with Crippen LogP contribution >= 0.6 is 22.6 Å². The zero-order valence-corrected chi connectivity index (χ0v) is 7.16. The Hall–Kier alpha value is 0.210. The largest absolute Gasteiger partial charge is 0.0948 e. The number of allylic oxidation sites excluding steroid dienone is 3. The minimum absolute atomic E-state index is 1.18. The van der Waals surface area contributed by atoms with Crippen LogP contribution in [0.2, 0.25) is 0 Å². The van der Waals surface area contributed by atoms with E-state index in [-0.39, 0.29) is 0 Å². The molecule has 0 saturated carbocycles. The van der Waals surface area contributed by atoms with Gasteiger partial charge in [-0.05, 0) is 47.9 Å². The minimum atomic E-state index is 1.18. The maximum Gasteiger partial charge on any atom is 0.0145 e. The van der Waals surface area contributed by atoms with E-state index in [4.69, 9.17) is 0 Å². The number of halogens is 1. The average Bonchev–Trinajstić information content (AvgIpc) is 1.98.